The van der Waals surface area contributed by atoms with E-state index >= 15 is 0 Å². The normalized spacial score (nSPS) is 31.7. The molecule has 0 aromatic rings. The Kier molecular flexibility index (Phi) is 3.45. The number of hydrogen-bond acceptors (Lipinski definition) is 2. The summed E-state index contributed by atoms with van der Waals surface area (Å²) in [7, 11) is 2.25. The van der Waals surface area contributed by atoms with Gasteiger partial charge in [0.25, 0.3) is 0 Å². The zero-order valence-electron chi connectivity index (χ0n) is 9.63. The highest BCUT2D eigenvalue weighted by molar-refractivity contribution is 4.82. The van der Waals surface area contributed by atoms with E-state index in [2.05, 4.69) is 24.2 Å². The van der Waals surface area contributed by atoms with Crippen LogP contribution in [0.5, 0.6) is 0 Å². The van der Waals surface area contributed by atoms with Gasteiger partial charge in [0.05, 0.1) is 0 Å². The molecule has 2 aliphatic rings. The standard InChI is InChI=1S/C12H24N2/c1-10(13-8-11-5-6-11)12-4-3-7-14(2)9-12/h10-13H,3-9H2,1-2H3. The first-order chi connectivity index (χ1) is 6.75. The predicted molar refractivity (Wildman–Crippen MR) is 60.4 cm³/mol. The molecule has 0 amide bonds. The van der Waals surface area contributed by atoms with Crippen molar-refractivity contribution in [1.29, 1.82) is 0 Å². The molecule has 1 aliphatic carbocycles. The maximum absolute atomic E-state index is 3.71. The molecular formula is C12H24N2. The first kappa shape index (κ1) is 10.4. The number of likely N-dealkylation sites (tertiary alicyclic amines) is 1. The predicted octanol–water partition coefficient (Wildman–Crippen LogP) is 1.72. The maximum Gasteiger partial charge on any atom is 0.00793 e. The first-order valence-corrected chi connectivity index (χ1v) is 6.17. The van der Waals surface area contributed by atoms with Crippen LogP contribution in [0.1, 0.15) is 32.6 Å². The second-order valence-electron chi connectivity index (χ2n) is 5.30. The number of nitrogens with one attached hydrogen (secondary N) is 1. The summed E-state index contributed by atoms with van der Waals surface area (Å²) in [6, 6.07) is 0.721. The van der Waals surface area contributed by atoms with Gasteiger partial charge in [-0.3, -0.25) is 0 Å². The van der Waals surface area contributed by atoms with E-state index in [1.807, 2.05) is 0 Å². The third kappa shape index (κ3) is 2.96. The van der Waals surface area contributed by atoms with Gasteiger partial charge >= 0.3 is 0 Å². The van der Waals surface area contributed by atoms with Crippen molar-refractivity contribution in [2.24, 2.45) is 11.8 Å². The third-order valence-corrected chi connectivity index (χ3v) is 3.79. The summed E-state index contributed by atoms with van der Waals surface area (Å²) in [6.45, 7) is 6.22. The minimum Gasteiger partial charge on any atom is -0.314 e. The van der Waals surface area contributed by atoms with Crippen molar-refractivity contribution in [2.75, 3.05) is 26.7 Å². The lowest BCUT2D eigenvalue weighted by Crippen LogP contribution is -2.43. The van der Waals surface area contributed by atoms with Gasteiger partial charge in [-0.1, -0.05) is 0 Å². The summed E-state index contributed by atoms with van der Waals surface area (Å²) in [6.07, 6.45) is 5.73. The molecule has 2 unspecified atom stereocenters. The molecule has 82 valence electrons. The quantitative estimate of drug-likeness (QED) is 0.736. The van der Waals surface area contributed by atoms with E-state index < -0.39 is 0 Å². The van der Waals surface area contributed by atoms with Crippen LogP contribution in [0, 0.1) is 11.8 Å². The summed E-state index contributed by atoms with van der Waals surface area (Å²) in [5.74, 6) is 1.89. The van der Waals surface area contributed by atoms with Crippen molar-refractivity contribution in [2.45, 2.75) is 38.6 Å². The Hall–Kier alpha value is -0.0800. The monoisotopic (exact) mass is 196 g/mol. The van der Waals surface area contributed by atoms with Crippen molar-refractivity contribution in [1.82, 2.24) is 10.2 Å². The van der Waals surface area contributed by atoms with Gasteiger partial charge in [-0.15, -0.1) is 0 Å². The summed E-state index contributed by atoms with van der Waals surface area (Å²) in [5.41, 5.74) is 0. The number of hydrogen-bond donors (Lipinski definition) is 1. The SMILES string of the molecule is CC(NCC1CC1)C1CCCN(C)C1. The van der Waals surface area contributed by atoms with Crippen LogP contribution in [0.2, 0.25) is 0 Å². The van der Waals surface area contributed by atoms with Gasteiger partial charge in [-0.2, -0.15) is 0 Å². The van der Waals surface area contributed by atoms with E-state index in [1.165, 1.54) is 45.3 Å². The zero-order chi connectivity index (χ0) is 9.97. The Balaban J connectivity index is 1.68. The molecule has 1 aliphatic heterocycles. The molecule has 2 fully saturated rings. The molecule has 0 radical (unpaired) electrons. The highest BCUT2D eigenvalue weighted by atomic mass is 15.1. The van der Waals surface area contributed by atoms with Gasteiger partial charge in [0.15, 0.2) is 0 Å². The van der Waals surface area contributed by atoms with Gasteiger partial charge in [-0.25, -0.2) is 0 Å². The molecule has 2 atom stereocenters. The minimum atomic E-state index is 0.721. The molecule has 0 bridgehead atoms. The van der Waals surface area contributed by atoms with Gasteiger partial charge in [-0.05, 0) is 64.6 Å². The van der Waals surface area contributed by atoms with E-state index in [0.29, 0.717) is 0 Å². The Bertz CT molecular complexity index is 177. The lowest BCUT2D eigenvalue weighted by Gasteiger charge is -2.34. The highest BCUT2D eigenvalue weighted by Gasteiger charge is 2.25. The van der Waals surface area contributed by atoms with Crippen molar-refractivity contribution >= 4 is 0 Å². The fourth-order valence-electron chi connectivity index (χ4n) is 2.46. The van der Waals surface area contributed by atoms with Crippen LogP contribution in [0.25, 0.3) is 0 Å². The lowest BCUT2D eigenvalue weighted by atomic mass is 9.92. The van der Waals surface area contributed by atoms with Crippen LogP contribution in [-0.4, -0.2) is 37.6 Å². The largest absolute Gasteiger partial charge is 0.314 e. The molecule has 0 aromatic heterocycles. The van der Waals surface area contributed by atoms with Crippen molar-refractivity contribution in [3.05, 3.63) is 0 Å². The third-order valence-electron chi connectivity index (χ3n) is 3.79. The summed E-state index contributed by atoms with van der Waals surface area (Å²) >= 11 is 0. The van der Waals surface area contributed by atoms with Crippen molar-refractivity contribution in [3.63, 3.8) is 0 Å². The van der Waals surface area contributed by atoms with Crippen LogP contribution >= 0.6 is 0 Å². The maximum atomic E-state index is 3.71. The van der Waals surface area contributed by atoms with Crippen LogP contribution in [0.15, 0.2) is 0 Å². The van der Waals surface area contributed by atoms with Crippen LogP contribution in [-0.2, 0) is 0 Å². The van der Waals surface area contributed by atoms with Crippen molar-refractivity contribution in [3.8, 4) is 0 Å². The molecular weight excluding hydrogens is 172 g/mol. The molecule has 1 heterocycles. The summed E-state index contributed by atoms with van der Waals surface area (Å²) < 4.78 is 0. The first-order valence-electron chi connectivity index (χ1n) is 6.17. The minimum absolute atomic E-state index is 0.721. The van der Waals surface area contributed by atoms with Crippen molar-refractivity contribution < 1.29 is 0 Å². The second-order valence-corrected chi connectivity index (χ2v) is 5.30. The lowest BCUT2D eigenvalue weighted by molar-refractivity contribution is 0.178. The van der Waals surface area contributed by atoms with E-state index in [0.717, 1.165) is 17.9 Å². The van der Waals surface area contributed by atoms with Gasteiger partial charge in [0, 0.05) is 12.6 Å². The Morgan fingerprint density at radius 3 is 2.79 bits per heavy atom. The van der Waals surface area contributed by atoms with E-state index in [1.54, 1.807) is 0 Å². The van der Waals surface area contributed by atoms with Crippen LogP contribution < -0.4 is 5.32 Å². The molecule has 2 rings (SSSR count). The molecule has 0 spiro atoms. The summed E-state index contributed by atoms with van der Waals surface area (Å²) in [4.78, 5) is 2.48. The van der Waals surface area contributed by atoms with E-state index in [-0.39, 0.29) is 0 Å². The van der Waals surface area contributed by atoms with Gasteiger partial charge < -0.3 is 10.2 Å². The zero-order valence-corrected chi connectivity index (χ0v) is 9.63. The van der Waals surface area contributed by atoms with Crippen LogP contribution in [0.3, 0.4) is 0 Å². The van der Waals surface area contributed by atoms with E-state index in [4.69, 9.17) is 0 Å². The number of rotatable bonds is 4. The second kappa shape index (κ2) is 4.63. The average molecular weight is 196 g/mol. The van der Waals surface area contributed by atoms with E-state index in [9.17, 15) is 0 Å². The van der Waals surface area contributed by atoms with Gasteiger partial charge in [0.1, 0.15) is 0 Å². The molecule has 1 saturated carbocycles. The Labute approximate surface area is 88.1 Å². The smallest absolute Gasteiger partial charge is 0.00793 e. The number of nitrogens with zero attached hydrogens (tertiary/aromatic N) is 1. The number of piperidine rings is 1. The molecule has 2 heteroatoms. The van der Waals surface area contributed by atoms with Crippen LogP contribution in [0.4, 0.5) is 0 Å². The molecule has 2 nitrogen and oxygen atoms in total. The highest BCUT2D eigenvalue weighted by Crippen LogP contribution is 2.28. The fourth-order valence-corrected chi connectivity index (χ4v) is 2.46. The topological polar surface area (TPSA) is 15.3 Å². The Morgan fingerprint density at radius 2 is 2.14 bits per heavy atom. The fraction of sp³-hybridized carbons (Fsp3) is 1.00. The van der Waals surface area contributed by atoms with Gasteiger partial charge in [0.2, 0.25) is 0 Å². The molecule has 14 heavy (non-hydrogen) atoms. The molecule has 1 saturated heterocycles. The Morgan fingerprint density at radius 1 is 1.36 bits per heavy atom. The average Bonchev–Trinajstić information content (AvgIpc) is 2.97. The molecule has 0 aromatic carbocycles. The summed E-state index contributed by atoms with van der Waals surface area (Å²) in [5, 5.41) is 3.71. The molecule has 1 N–H and O–H groups in total.